The van der Waals surface area contributed by atoms with Gasteiger partial charge >= 0.3 is 27.2 Å². The average Bonchev–Trinajstić information content (AvgIpc) is 2.09. The van der Waals surface area contributed by atoms with E-state index in [4.69, 9.17) is 0 Å². The molecule has 74 valence electrons. The van der Waals surface area contributed by atoms with E-state index in [-0.39, 0.29) is 21.1 Å². The molecular formula is C10H12NO2W+. The third-order valence-electron chi connectivity index (χ3n) is 1.72. The predicted octanol–water partition coefficient (Wildman–Crippen LogP) is 2.28. The van der Waals surface area contributed by atoms with Crippen molar-refractivity contribution in [2.24, 2.45) is 0 Å². The molecule has 1 aromatic rings. The molecule has 0 bridgehead atoms. The van der Waals surface area contributed by atoms with Gasteiger partial charge in [0.15, 0.2) is 0 Å². The quantitative estimate of drug-likeness (QED) is 0.779. The monoisotopic (exact) mass is 362 g/mol. The van der Waals surface area contributed by atoms with Crippen molar-refractivity contribution >= 4 is 11.8 Å². The van der Waals surface area contributed by atoms with Crippen LogP contribution in [0.5, 0.6) is 0 Å². The van der Waals surface area contributed by atoms with E-state index in [9.17, 15) is 4.79 Å². The molecular weight excluding hydrogens is 350 g/mol. The summed E-state index contributed by atoms with van der Waals surface area (Å²) in [5, 5.41) is 2.59. The van der Waals surface area contributed by atoms with Crippen molar-refractivity contribution in [3.63, 3.8) is 0 Å². The Morgan fingerprint density at radius 2 is 2.14 bits per heavy atom. The van der Waals surface area contributed by atoms with Crippen LogP contribution in [0.4, 0.5) is 10.5 Å². The molecule has 14 heavy (non-hydrogen) atoms. The van der Waals surface area contributed by atoms with Gasteiger partial charge in [0.1, 0.15) is 0 Å². The summed E-state index contributed by atoms with van der Waals surface area (Å²) in [4.78, 5) is 10.9. The average molecular weight is 362 g/mol. The molecule has 0 aliphatic heterocycles. The smallest absolute Gasteiger partial charge is 0.453 e. The number of benzene rings is 1. The first-order valence-electron chi connectivity index (χ1n) is 3.97. The number of carbonyl (C=O) groups is 1. The summed E-state index contributed by atoms with van der Waals surface area (Å²) >= 11 is 0. The number of hydrogen-bond donors (Lipinski definition) is 1. The molecule has 0 atom stereocenters. The summed E-state index contributed by atoms with van der Waals surface area (Å²) in [7, 11) is 1.34. The predicted molar refractivity (Wildman–Crippen MR) is 50.8 cm³/mol. The molecule has 0 aromatic heterocycles. The normalized spacial score (nSPS) is 8.79. The van der Waals surface area contributed by atoms with Crippen molar-refractivity contribution in [1.82, 2.24) is 0 Å². The van der Waals surface area contributed by atoms with Gasteiger partial charge in [-0.05, 0) is 0 Å². The first-order chi connectivity index (χ1) is 6.13. The molecule has 4 heteroatoms. The number of rotatable bonds is 1. The minimum atomic E-state index is -0.458. The molecule has 0 saturated carbocycles. The number of ether oxygens (including phenoxy) is 1. The molecule has 1 amide bonds. The molecule has 0 spiro atoms. The third-order valence-corrected chi connectivity index (χ3v) is 1.72. The van der Waals surface area contributed by atoms with Gasteiger partial charge in [-0.1, -0.05) is 19.5 Å². The van der Waals surface area contributed by atoms with E-state index in [0.29, 0.717) is 0 Å². The zero-order valence-corrected chi connectivity index (χ0v) is 11.3. The van der Waals surface area contributed by atoms with Gasteiger partial charge < -0.3 is 10.1 Å². The van der Waals surface area contributed by atoms with E-state index in [1.54, 1.807) is 6.07 Å². The summed E-state index contributed by atoms with van der Waals surface area (Å²) in [6.07, 6.45) is -0.458. The van der Waals surface area contributed by atoms with Gasteiger partial charge in [-0.15, -0.1) is 5.56 Å². The molecule has 1 rings (SSSR count). The van der Waals surface area contributed by atoms with Crippen LogP contribution in [-0.2, 0) is 25.8 Å². The second-order valence-electron chi connectivity index (χ2n) is 2.83. The van der Waals surface area contributed by atoms with Crippen molar-refractivity contribution in [3.05, 3.63) is 29.3 Å². The first-order valence-corrected chi connectivity index (χ1v) is 3.97. The summed E-state index contributed by atoms with van der Waals surface area (Å²) in [5.74, 6) is 0. The molecule has 0 radical (unpaired) electrons. The van der Waals surface area contributed by atoms with E-state index < -0.39 is 6.09 Å². The van der Waals surface area contributed by atoms with Gasteiger partial charge in [0.25, 0.3) is 0 Å². The Balaban J connectivity index is 0.00000169. The van der Waals surface area contributed by atoms with Crippen LogP contribution in [0.2, 0.25) is 0 Å². The van der Waals surface area contributed by atoms with E-state index >= 15 is 0 Å². The first kappa shape index (κ1) is 13.2. The number of nitrogens with one attached hydrogen (secondary N) is 1. The van der Waals surface area contributed by atoms with Crippen molar-refractivity contribution in [2.75, 3.05) is 12.4 Å². The van der Waals surface area contributed by atoms with E-state index in [1.165, 1.54) is 7.11 Å². The Morgan fingerprint density at radius 3 is 2.64 bits per heavy atom. The number of amides is 1. The van der Waals surface area contributed by atoms with Gasteiger partial charge in [-0.2, -0.15) is 23.8 Å². The maximum Gasteiger partial charge on any atom is 2.00 e. The van der Waals surface area contributed by atoms with Crippen LogP contribution in [-0.4, -0.2) is 13.2 Å². The number of carbonyl (C=O) groups excluding carboxylic acids is 1. The Morgan fingerprint density at radius 1 is 1.50 bits per heavy atom. The van der Waals surface area contributed by atoms with Crippen LogP contribution in [0.1, 0.15) is 11.1 Å². The van der Waals surface area contributed by atoms with Crippen LogP contribution in [0, 0.1) is 19.9 Å². The molecule has 0 heterocycles. The Hall–Kier alpha value is -0.822. The summed E-state index contributed by atoms with van der Waals surface area (Å²) in [5.41, 5.74) is 2.78. The number of hydrogen-bond acceptors (Lipinski definition) is 2. The number of aryl methyl sites for hydroxylation is 2. The van der Waals surface area contributed by atoms with Crippen molar-refractivity contribution in [3.8, 4) is 0 Å². The largest absolute Gasteiger partial charge is 2.00 e. The zero-order valence-electron chi connectivity index (χ0n) is 8.38. The molecule has 0 saturated heterocycles. The maximum atomic E-state index is 10.9. The molecule has 0 aliphatic carbocycles. The number of anilines is 1. The zero-order chi connectivity index (χ0) is 9.84. The van der Waals surface area contributed by atoms with Gasteiger partial charge in [0, 0.05) is 0 Å². The van der Waals surface area contributed by atoms with Gasteiger partial charge in [-0.25, -0.2) is 4.79 Å². The minimum absolute atomic E-state index is 0. The SMILES string of the molecule is COC(=O)Nc1c[c-]c(C)cc1C.[W+2]. The van der Waals surface area contributed by atoms with Crippen LogP contribution in [0.15, 0.2) is 12.1 Å². The molecule has 3 nitrogen and oxygen atoms in total. The van der Waals surface area contributed by atoms with Gasteiger partial charge in [-0.3, -0.25) is 0 Å². The second-order valence-corrected chi connectivity index (χ2v) is 2.83. The fourth-order valence-electron chi connectivity index (χ4n) is 1.04. The van der Waals surface area contributed by atoms with Gasteiger partial charge in [0.2, 0.25) is 0 Å². The number of methoxy groups -OCH3 is 1. The van der Waals surface area contributed by atoms with Crippen molar-refractivity contribution in [2.45, 2.75) is 13.8 Å². The Kier molecular flexibility index (Phi) is 5.47. The second kappa shape index (κ2) is 5.81. The van der Waals surface area contributed by atoms with Crippen LogP contribution in [0.25, 0.3) is 0 Å². The fraction of sp³-hybridized carbons (Fsp3) is 0.300. The Bertz CT molecular complexity index is 326. The molecule has 0 unspecified atom stereocenters. The van der Waals surface area contributed by atoms with E-state index in [2.05, 4.69) is 16.1 Å². The molecule has 1 aromatic carbocycles. The molecule has 0 aliphatic rings. The maximum absolute atomic E-state index is 10.9. The minimum Gasteiger partial charge on any atom is -0.453 e. The standard InChI is InChI=1S/C10H12NO2.W/c1-7-4-5-9(8(2)6-7)11-10(12)13-3;/h5-6H,1-3H3,(H,11,12);/q-1;+2. The third kappa shape index (κ3) is 3.50. The summed E-state index contributed by atoms with van der Waals surface area (Å²) < 4.78 is 4.48. The fourth-order valence-corrected chi connectivity index (χ4v) is 1.04. The molecule has 1 N–H and O–H groups in total. The van der Waals surface area contributed by atoms with Gasteiger partial charge in [0.05, 0.1) is 7.11 Å². The van der Waals surface area contributed by atoms with E-state index in [0.717, 1.165) is 16.8 Å². The van der Waals surface area contributed by atoms with Crippen LogP contribution >= 0.6 is 0 Å². The summed E-state index contributed by atoms with van der Waals surface area (Å²) in [6, 6.07) is 6.69. The van der Waals surface area contributed by atoms with Crippen molar-refractivity contribution in [1.29, 1.82) is 0 Å². The summed E-state index contributed by atoms with van der Waals surface area (Å²) in [6.45, 7) is 3.88. The van der Waals surface area contributed by atoms with Crippen LogP contribution < -0.4 is 5.32 Å². The van der Waals surface area contributed by atoms with Crippen LogP contribution in [0.3, 0.4) is 0 Å². The topological polar surface area (TPSA) is 38.3 Å². The Labute approximate surface area is 98.1 Å². The molecule has 0 fully saturated rings. The van der Waals surface area contributed by atoms with Crippen molar-refractivity contribution < 1.29 is 30.6 Å². The van der Waals surface area contributed by atoms with E-state index in [1.807, 2.05) is 19.9 Å².